The number of benzene rings is 1. The Morgan fingerprint density at radius 3 is 2.30 bits per heavy atom. The molecule has 0 heterocycles. The van der Waals surface area contributed by atoms with Crippen molar-refractivity contribution in [1.82, 2.24) is 14.9 Å². The summed E-state index contributed by atoms with van der Waals surface area (Å²) in [5.41, 5.74) is 1.44. The molecule has 7 heteroatoms. The van der Waals surface area contributed by atoms with Crippen LogP contribution < -0.4 is 10.6 Å². The van der Waals surface area contributed by atoms with Crippen molar-refractivity contribution < 1.29 is 8.42 Å². The molecule has 1 aromatic carbocycles. The van der Waals surface area contributed by atoms with E-state index in [1.807, 2.05) is 26.0 Å². The Morgan fingerprint density at radius 2 is 1.85 bits per heavy atom. The lowest BCUT2D eigenvalue weighted by Crippen LogP contribution is -2.46. The molecule has 0 spiro atoms. The molecular formula is C20H34N4O2S. The van der Waals surface area contributed by atoms with Crippen LogP contribution in [-0.4, -0.2) is 45.4 Å². The Kier molecular flexibility index (Phi) is 7.28. The highest BCUT2D eigenvalue weighted by Gasteiger charge is 2.34. The van der Waals surface area contributed by atoms with Gasteiger partial charge in [-0.15, -0.1) is 0 Å². The van der Waals surface area contributed by atoms with E-state index in [4.69, 9.17) is 0 Å². The molecule has 1 fully saturated rings. The van der Waals surface area contributed by atoms with Crippen molar-refractivity contribution in [2.45, 2.75) is 63.9 Å². The Bertz CT molecular complexity index is 732. The van der Waals surface area contributed by atoms with Crippen molar-refractivity contribution >= 4 is 16.0 Å². The molecule has 0 unspecified atom stereocenters. The zero-order valence-electron chi connectivity index (χ0n) is 17.2. The van der Waals surface area contributed by atoms with Crippen molar-refractivity contribution in [3.63, 3.8) is 0 Å². The van der Waals surface area contributed by atoms with Crippen LogP contribution in [0.1, 0.15) is 52.0 Å². The van der Waals surface area contributed by atoms with Crippen molar-refractivity contribution in [3.8, 4) is 0 Å². The van der Waals surface area contributed by atoms with E-state index in [0.717, 1.165) is 18.1 Å². The van der Waals surface area contributed by atoms with E-state index in [0.29, 0.717) is 16.9 Å². The summed E-state index contributed by atoms with van der Waals surface area (Å²) in [6.07, 6.45) is 5.09. The Morgan fingerprint density at radius 1 is 1.22 bits per heavy atom. The maximum Gasteiger partial charge on any atom is 0.243 e. The van der Waals surface area contributed by atoms with Crippen molar-refractivity contribution in [3.05, 3.63) is 29.8 Å². The van der Waals surface area contributed by atoms with Gasteiger partial charge in [-0.05, 0) is 56.2 Å². The summed E-state index contributed by atoms with van der Waals surface area (Å²) in [6.45, 7) is 7.52. The molecular weight excluding hydrogens is 360 g/mol. The van der Waals surface area contributed by atoms with Crippen molar-refractivity contribution in [2.24, 2.45) is 10.4 Å². The normalized spacial score (nSPS) is 17.1. The fourth-order valence-electron chi connectivity index (χ4n) is 3.23. The molecule has 0 saturated heterocycles. The largest absolute Gasteiger partial charge is 0.356 e. The minimum atomic E-state index is -3.44. The Balaban J connectivity index is 1.92. The topological polar surface area (TPSA) is 73.8 Å². The van der Waals surface area contributed by atoms with E-state index in [-0.39, 0.29) is 6.04 Å². The van der Waals surface area contributed by atoms with E-state index in [2.05, 4.69) is 22.5 Å². The number of nitrogens with one attached hydrogen (secondary N) is 2. The minimum absolute atomic E-state index is 0.0761. The molecule has 6 nitrogen and oxygen atoms in total. The van der Waals surface area contributed by atoms with Crippen LogP contribution in [0.4, 0.5) is 0 Å². The van der Waals surface area contributed by atoms with Gasteiger partial charge in [-0.25, -0.2) is 8.42 Å². The van der Waals surface area contributed by atoms with Crippen LogP contribution in [-0.2, 0) is 16.6 Å². The second-order valence-electron chi connectivity index (χ2n) is 7.75. The van der Waals surface area contributed by atoms with Gasteiger partial charge in [0, 0.05) is 33.2 Å². The maximum absolute atomic E-state index is 12.5. The zero-order chi connectivity index (χ0) is 20.1. The van der Waals surface area contributed by atoms with Crippen LogP contribution in [0, 0.1) is 5.41 Å². The van der Waals surface area contributed by atoms with Crippen LogP contribution >= 0.6 is 0 Å². The van der Waals surface area contributed by atoms with Crippen molar-refractivity contribution in [2.75, 3.05) is 20.6 Å². The van der Waals surface area contributed by atoms with Gasteiger partial charge in [0.25, 0.3) is 0 Å². The van der Waals surface area contributed by atoms with Crippen LogP contribution in [0.25, 0.3) is 0 Å². The first-order valence-corrected chi connectivity index (χ1v) is 11.2. The first-order chi connectivity index (χ1) is 12.7. The molecule has 1 aliphatic carbocycles. The Labute approximate surface area is 164 Å². The summed E-state index contributed by atoms with van der Waals surface area (Å²) >= 11 is 0. The quantitative estimate of drug-likeness (QED) is 0.525. The van der Waals surface area contributed by atoms with Gasteiger partial charge in [0.2, 0.25) is 10.0 Å². The van der Waals surface area contributed by atoms with E-state index >= 15 is 0 Å². The predicted molar refractivity (Wildman–Crippen MR) is 111 cm³/mol. The predicted octanol–water partition coefficient (Wildman–Crippen LogP) is 2.96. The first-order valence-electron chi connectivity index (χ1n) is 9.75. The molecule has 152 valence electrons. The molecule has 27 heavy (non-hydrogen) atoms. The van der Waals surface area contributed by atoms with Crippen LogP contribution in [0.2, 0.25) is 0 Å². The first kappa shape index (κ1) is 21.7. The third-order valence-electron chi connectivity index (χ3n) is 5.81. The maximum atomic E-state index is 12.5. The summed E-state index contributed by atoms with van der Waals surface area (Å²) in [5, 5.41) is 6.74. The highest BCUT2D eigenvalue weighted by atomic mass is 32.2. The molecule has 2 rings (SSSR count). The van der Waals surface area contributed by atoms with Gasteiger partial charge in [0.1, 0.15) is 0 Å². The fourth-order valence-corrected chi connectivity index (χ4v) is 4.60. The summed E-state index contributed by atoms with van der Waals surface area (Å²) in [7, 11) is -0.0611. The summed E-state index contributed by atoms with van der Waals surface area (Å²) in [6, 6.07) is 6.96. The molecule has 0 aliphatic heterocycles. The molecule has 1 saturated carbocycles. The lowest BCUT2D eigenvalue weighted by molar-refractivity contribution is 0.131. The van der Waals surface area contributed by atoms with Gasteiger partial charge in [-0.2, -0.15) is 4.31 Å². The molecule has 0 radical (unpaired) electrons. The third kappa shape index (κ3) is 5.23. The monoisotopic (exact) mass is 394 g/mol. The average molecular weight is 395 g/mol. The van der Waals surface area contributed by atoms with Gasteiger partial charge in [-0.1, -0.05) is 25.5 Å². The van der Waals surface area contributed by atoms with E-state index < -0.39 is 10.0 Å². The van der Waals surface area contributed by atoms with E-state index in [9.17, 15) is 8.42 Å². The average Bonchev–Trinajstić information content (AvgIpc) is 2.63. The van der Waals surface area contributed by atoms with Gasteiger partial charge in [0.05, 0.1) is 4.90 Å². The lowest BCUT2D eigenvalue weighted by Gasteiger charge is -2.41. The highest BCUT2D eigenvalue weighted by Crippen LogP contribution is 2.42. The molecule has 0 atom stereocenters. The molecule has 1 aromatic rings. The summed E-state index contributed by atoms with van der Waals surface area (Å²) in [5.74, 6) is 0.783. The van der Waals surface area contributed by atoms with Crippen LogP contribution in [0.5, 0.6) is 0 Å². The van der Waals surface area contributed by atoms with E-state index in [1.54, 1.807) is 26.2 Å². The summed E-state index contributed by atoms with van der Waals surface area (Å²) < 4.78 is 26.4. The minimum Gasteiger partial charge on any atom is -0.356 e. The number of guanidine groups is 1. The third-order valence-corrected chi connectivity index (χ3v) is 7.85. The SMILES string of the molecule is CCC1(CNC(=NC)NCc2ccc(S(=O)(=O)N(C)C(C)C)cc2)CCC1. The molecule has 0 aromatic heterocycles. The van der Waals surface area contributed by atoms with Crippen LogP contribution in [0.3, 0.4) is 0 Å². The summed E-state index contributed by atoms with van der Waals surface area (Å²) in [4.78, 5) is 4.61. The van der Waals surface area contributed by atoms with Gasteiger partial charge in [0.15, 0.2) is 5.96 Å². The smallest absolute Gasteiger partial charge is 0.243 e. The second-order valence-corrected chi connectivity index (χ2v) is 9.74. The van der Waals surface area contributed by atoms with Gasteiger partial charge >= 0.3 is 0 Å². The number of hydrogen-bond donors (Lipinski definition) is 2. The fraction of sp³-hybridized carbons (Fsp3) is 0.650. The molecule has 0 amide bonds. The standard InChI is InChI=1S/C20H34N4O2S/c1-6-20(12-7-13-20)15-23-19(21-4)22-14-17-8-10-18(11-9-17)27(25,26)24(5)16(2)3/h8-11,16H,6-7,12-15H2,1-5H3,(H2,21,22,23). The Hall–Kier alpha value is -1.60. The van der Waals surface area contributed by atoms with Gasteiger partial charge in [-0.3, -0.25) is 4.99 Å². The number of rotatable bonds is 8. The van der Waals surface area contributed by atoms with Crippen molar-refractivity contribution in [1.29, 1.82) is 0 Å². The number of hydrogen-bond acceptors (Lipinski definition) is 3. The number of sulfonamides is 1. The molecule has 0 bridgehead atoms. The lowest BCUT2D eigenvalue weighted by atomic mass is 9.67. The highest BCUT2D eigenvalue weighted by molar-refractivity contribution is 7.89. The number of aliphatic imine (C=N–C) groups is 1. The number of nitrogens with zero attached hydrogens (tertiary/aromatic N) is 2. The molecule has 2 N–H and O–H groups in total. The van der Waals surface area contributed by atoms with Crippen LogP contribution in [0.15, 0.2) is 34.2 Å². The van der Waals surface area contributed by atoms with E-state index in [1.165, 1.54) is 30.0 Å². The zero-order valence-corrected chi connectivity index (χ0v) is 18.1. The molecule has 1 aliphatic rings. The van der Waals surface area contributed by atoms with Gasteiger partial charge < -0.3 is 10.6 Å². The second kappa shape index (κ2) is 9.06.